The Hall–Kier alpha value is -0.160. The molecule has 1 heterocycles. The fourth-order valence-electron chi connectivity index (χ4n) is 2.88. The van der Waals surface area contributed by atoms with E-state index in [0.29, 0.717) is 0 Å². The number of benzene rings is 1. The highest BCUT2D eigenvalue weighted by Crippen LogP contribution is 2.42. The average molecular weight is 366 g/mol. The third kappa shape index (κ3) is 3.94. The van der Waals surface area contributed by atoms with Crippen molar-refractivity contribution < 1.29 is 4.39 Å². The van der Waals surface area contributed by atoms with Crippen molar-refractivity contribution in [1.82, 2.24) is 10.2 Å². The van der Waals surface area contributed by atoms with Crippen molar-refractivity contribution in [1.29, 1.82) is 0 Å². The molecule has 0 saturated carbocycles. The molecule has 20 heavy (non-hydrogen) atoms. The quantitative estimate of drug-likeness (QED) is 0.852. The van der Waals surface area contributed by atoms with Crippen LogP contribution < -0.4 is 5.32 Å². The molecular formula is C15H23BrClFN2. The molecule has 0 amide bonds. The molecule has 1 aromatic rings. The van der Waals surface area contributed by atoms with Gasteiger partial charge in [-0.25, -0.2) is 4.39 Å². The zero-order valence-electron chi connectivity index (χ0n) is 12.2. The maximum absolute atomic E-state index is 14.3. The summed E-state index contributed by atoms with van der Waals surface area (Å²) >= 11 is 3.52. The van der Waals surface area contributed by atoms with Gasteiger partial charge in [-0.3, -0.25) is 4.90 Å². The number of rotatable bonds is 2. The summed E-state index contributed by atoms with van der Waals surface area (Å²) in [6.07, 6.45) is 0. The van der Waals surface area contributed by atoms with Gasteiger partial charge in [0.05, 0.1) is 0 Å². The fraction of sp³-hybridized carbons (Fsp3) is 0.600. The molecule has 1 atom stereocenters. The van der Waals surface area contributed by atoms with Crippen LogP contribution >= 0.6 is 28.3 Å². The van der Waals surface area contributed by atoms with Crippen LogP contribution in [0.25, 0.3) is 0 Å². The summed E-state index contributed by atoms with van der Waals surface area (Å²) in [4.78, 5) is 2.39. The van der Waals surface area contributed by atoms with Crippen LogP contribution in [0.5, 0.6) is 0 Å². The molecule has 114 valence electrons. The van der Waals surface area contributed by atoms with E-state index in [9.17, 15) is 4.39 Å². The van der Waals surface area contributed by atoms with Gasteiger partial charge in [0.2, 0.25) is 0 Å². The molecule has 1 aromatic carbocycles. The van der Waals surface area contributed by atoms with Gasteiger partial charge in [-0.1, -0.05) is 42.8 Å². The monoisotopic (exact) mass is 364 g/mol. The zero-order valence-corrected chi connectivity index (χ0v) is 14.7. The lowest BCUT2D eigenvalue weighted by Gasteiger charge is -2.43. The second kappa shape index (κ2) is 7.21. The summed E-state index contributed by atoms with van der Waals surface area (Å²) in [5.74, 6) is -0.118. The molecule has 1 N–H and O–H groups in total. The Morgan fingerprint density at radius 1 is 1.25 bits per heavy atom. The Labute approximate surface area is 135 Å². The van der Waals surface area contributed by atoms with Gasteiger partial charge in [0.1, 0.15) is 5.82 Å². The first-order chi connectivity index (χ1) is 8.91. The summed E-state index contributed by atoms with van der Waals surface area (Å²) in [6.45, 7) is 10.4. The Morgan fingerprint density at radius 2 is 1.85 bits per heavy atom. The summed E-state index contributed by atoms with van der Waals surface area (Å²) in [5, 5.41) is 3.35. The van der Waals surface area contributed by atoms with Crippen molar-refractivity contribution >= 4 is 28.3 Å². The van der Waals surface area contributed by atoms with E-state index in [2.05, 4.69) is 46.9 Å². The summed E-state index contributed by atoms with van der Waals surface area (Å²) in [5.41, 5.74) is 0.777. The third-order valence-electron chi connectivity index (χ3n) is 3.61. The summed E-state index contributed by atoms with van der Waals surface area (Å²) in [6, 6.07) is 5.33. The molecular weight excluding hydrogens is 343 g/mol. The molecule has 1 saturated heterocycles. The molecule has 1 fully saturated rings. The van der Waals surface area contributed by atoms with Crippen LogP contribution in [0.15, 0.2) is 22.7 Å². The van der Waals surface area contributed by atoms with E-state index in [4.69, 9.17) is 0 Å². The SMILES string of the molecule is CC(C)(C)[C@@H](c1c(F)cccc1Br)N1CCNCC1.Cl. The van der Waals surface area contributed by atoms with E-state index in [0.717, 1.165) is 36.2 Å². The van der Waals surface area contributed by atoms with Crippen LogP contribution in [-0.2, 0) is 0 Å². The first kappa shape index (κ1) is 17.9. The number of nitrogens with zero attached hydrogens (tertiary/aromatic N) is 1. The summed E-state index contributed by atoms with van der Waals surface area (Å²) < 4.78 is 15.2. The number of hydrogen-bond acceptors (Lipinski definition) is 2. The van der Waals surface area contributed by atoms with Gasteiger partial charge in [-0.2, -0.15) is 0 Å². The predicted octanol–water partition coefficient (Wildman–Crippen LogP) is 4.00. The second-order valence-electron chi connectivity index (χ2n) is 6.19. The molecule has 5 heteroatoms. The minimum Gasteiger partial charge on any atom is -0.314 e. The average Bonchev–Trinajstić information content (AvgIpc) is 2.33. The Balaban J connectivity index is 0.00000200. The van der Waals surface area contributed by atoms with Gasteiger partial charge in [-0.05, 0) is 17.5 Å². The smallest absolute Gasteiger partial charge is 0.129 e. The van der Waals surface area contributed by atoms with E-state index < -0.39 is 0 Å². The van der Waals surface area contributed by atoms with Crippen molar-refractivity contribution in [3.8, 4) is 0 Å². The molecule has 0 radical (unpaired) electrons. The van der Waals surface area contributed by atoms with Gasteiger partial charge in [-0.15, -0.1) is 12.4 Å². The van der Waals surface area contributed by atoms with E-state index >= 15 is 0 Å². The molecule has 1 aliphatic rings. The van der Waals surface area contributed by atoms with Crippen molar-refractivity contribution in [3.63, 3.8) is 0 Å². The highest BCUT2D eigenvalue weighted by atomic mass is 79.9. The lowest BCUT2D eigenvalue weighted by molar-refractivity contribution is 0.0829. The van der Waals surface area contributed by atoms with Crippen molar-refractivity contribution in [2.45, 2.75) is 26.8 Å². The zero-order chi connectivity index (χ0) is 14.0. The largest absolute Gasteiger partial charge is 0.314 e. The molecule has 2 rings (SSSR count). The first-order valence-corrected chi connectivity index (χ1v) is 7.59. The van der Waals surface area contributed by atoms with E-state index in [1.165, 1.54) is 0 Å². The number of hydrogen-bond donors (Lipinski definition) is 1. The molecule has 0 aromatic heterocycles. The van der Waals surface area contributed by atoms with Crippen molar-refractivity contribution in [3.05, 3.63) is 34.1 Å². The van der Waals surface area contributed by atoms with Gasteiger partial charge in [0.25, 0.3) is 0 Å². The van der Waals surface area contributed by atoms with Crippen LogP contribution in [0.2, 0.25) is 0 Å². The van der Waals surface area contributed by atoms with E-state index in [1.807, 2.05) is 6.07 Å². The minimum atomic E-state index is -0.118. The van der Waals surface area contributed by atoms with Crippen molar-refractivity contribution in [2.24, 2.45) is 5.41 Å². The normalized spacial score (nSPS) is 18.4. The van der Waals surface area contributed by atoms with Crippen LogP contribution in [0.4, 0.5) is 4.39 Å². The molecule has 0 spiro atoms. The maximum Gasteiger partial charge on any atom is 0.129 e. The molecule has 1 aliphatic heterocycles. The molecule has 0 bridgehead atoms. The summed E-state index contributed by atoms with van der Waals surface area (Å²) in [7, 11) is 0. The van der Waals surface area contributed by atoms with Crippen LogP contribution in [-0.4, -0.2) is 31.1 Å². The van der Waals surface area contributed by atoms with Crippen LogP contribution in [0, 0.1) is 11.2 Å². The van der Waals surface area contributed by atoms with Crippen molar-refractivity contribution in [2.75, 3.05) is 26.2 Å². The lowest BCUT2D eigenvalue weighted by atomic mass is 9.80. The molecule has 0 aliphatic carbocycles. The first-order valence-electron chi connectivity index (χ1n) is 6.80. The second-order valence-corrected chi connectivity index (χ2v) is 7.04. The third-order valence-corrected chi connectivity index (χ3v) is 4.30. The Bertz CT molecular complexity index is 422. The topological polar surface area (TPSA) is 15.3 Å². The highest BCUT2D eigenvalue weighted by Gasteiger charge is 2.35. The van der Waals surface area contributed by atoms with Crippen LogP contribution in [0.3, 0.4) is 0 Å². The van der Waals surface area contributed by atoms with Gasteiger partial charge in [0.15, 0.2) is 0 Å². The fourth-order valence-corrected chi connectivity index (χ4v) is 3.43. The van der Waals surface area contributed by atoms with E-state index in [1.54, 1.807) is 12.1 Å². The standard InChI is InChI=1S/C15H22BrFN2.ClH/c1-15(2,3)14(19-9-7-18-8-10-19)13-11(16)5-4-6-12(13)17;/h4-6,14,18H,7-10H2,1-3H3;1H/t14-;/m1./s1. The van der Waals surface area contributed by atoms with Gasteiger partial charge in [0, 0.05) is 42.3 Å². The van der Waals surface area contributed by atoms with Gasteiger partial charge >= 0.3 is 0 Å². The number of piperazine rings is 1. The van der Waals surface area contributed by atoms with E-state index in [-0.39, 0.29) is 29.7 Å². The Kier molecular flexibility index (Phi) is 6.45. The lowest BCUT2D eigenvalue weighted by Crippen LogP contribution is -2.48. The highest BCUT2D eigenvalue weighted by molar-refractivity contribution is 9.10. The molecule has 0 unspecified atom stereocenters. The predicted molar refractivity (Wildman–Crippen MR) is 88.0 cm³/mol. The Morgan fingerprint density at radius 3 is 2.35 bits per heavy atom. The minimum absolute atomic E-state index is 0. The maximum atomic E-state index is 14.3. The number of nitrogens with one attached hydrogen (secondary N) is 1. The number of halogens is 3. The van der Waals surface area contributed by atoms with Gasteiger partial charge < -0.3 is 5.32 Å². The molecule has 2 nitrogen and oxygen atoms in total. The van der Waals surface area contributed by atoms with Crippen LogP contribution in [0.1, 0.15) is 32.4 Å².